The number of nitrogens with zero attached hydrogens (tertiary/aromatic N) is 1. The molecule has 19 heavy (non-hydrogen) atoms. The fraction of sp³-hybridized carbons (Fsp3) is 0.500. The highest BCUT2D eigenvalue weighted by Crippen LogP contribution is 2.25. The quantitative estimate of drug-likeness (QED) is 0.753. The predicted octanol–water partition coefficient (Wildman–Crippen LogP) is 2.71. The Morgan fingerprint density at radius 1 is 1.32 bits per heavy atom. The van der Waals surface area contributed by atoms with E-state index in [0.717, 1.165) is 0 Å². The second-order valence-corrected chi connectivity index (χ2v) is 6.68. The van der Waals surface area contributed by atoms with Crippen LogP contribution in [0.5, 0.6) is 11.5 Å². The van der Waals surface area contributed by atoms with E-state index in [1.165, 1.54) is 0 Å². The highest BCUT2D eigenvalue weighted by atomic mass is 79.9. The number of methoxy groups -OCH3 is 1. The van der Waals surface area contributed by atoms with Crippen LogP contribution >= 0.6 is 15.9 Å². The maximum Gasteiger partial charge on any atom is 0.238 e. The van der Waals surface area contributed by atoms with Gasteiger partial charge in [0, 0.05) is 7.05 Å². The average molecular weight is 330 g/mol. The monoisotopic (exact) mass is 329 g/mol. The number of alkyl halides is 1. The predicted molar refractivity (Wildman–Crippen MR) is 79.1 cm³/mol. The van der Waals surface area contributed by atoms with E-state index in [4.69, 9.17) is 9.47 Å². The number of benzene rings is 1. The van der Waals surface area contributed by atoms with Gasteiger partial charge in [-0.3, -0.25) is 4.79 Å². The largest absolute Gasteiger partial charge is 0.493 e. The lowest BCUT2D eigenvalue weighted by molar-refractivity contribution is -0.131. The second-order valence-electron chi connectivity index (χ2n) is 4.70. The van der Waals surface area contributed by atoms with E-state index in [-0.39, 0.29) is 5.91 Å². The number of rotatable bonds is 6. The van der Waals surface area contributed by atoms with E-state index >= 15 is 0 Å². The first-order valence-electron chi connectivity index (χ1n) is 6.06. The molecule has 0 radical (unpaired) electrons. The zero-order valence-electron chi connectivity index (χ0n) is 11.8. The first-order chi connectivity index (χ1) is 8.86. The van der Waals surface area contributed by atoms with E-state index in [9.17, 15) is 4.79 Å². The first kappa shape index (κ1) is 15.8. The summed E-state index contributed by atoms with van der Waals surface area (Å²) in [7, 11) is 3.36. The number of likely N-dealkylation sites (N-methyl/N-ethyl adjacent to an activating group) is 1. The van der Waals surface area contributed by atoms with Gasteiger partial charge in [-0.2, -0.15) is 0 Å². The minimum Gasteiger partial charge on any atom is -0.493 e. The van der Waals surface area contributed by atoms with Crippen LogP contribution in [-0.2, 0) is 4.79 Å². The maximum absolute atomic E-state index is 11.9. The molecule has 0 aromatic heterocycles. The maximum atomic E-state index is 11.9. The molecule has 0 spiro atoms. The van der Waals surface area contributed by atoms with Crippen molar-refractivity contribution in [3.8, 4) is 11.5 Å². The van der Waals surface area contributed by atoms with Gasteiger partial charge in [0.15, 0.2) is 11.5 Å². The van der Waals surface area contributed by atoms with Gasteiger partial charge in [0.05, 0.1) is 18.0 Å². The lowest BCUT2D eigenvalue weighted by Crippen LogP contribution is -2.41. The molecule has 0 heterocycles. The topological polar surface area (TPSA) is 38.8 Å². The molecule has 0 atom stereocenters. The van der Waals surface area contributed by atoms with Gasteiger partial charge in [0.25, 0.3) is 0 Å². The number of hydrogen-bond donors (Lipinski definition) is 0. The molecule has 0 bridgehead atoms. The molecule has 0 fully saturated rings. The summed E-state index contributed by atoms with van der Waals surface area (Å²) in [6, 6.07) is 7.45. The van der Waals surface area contributed by atoms with Gasteiger partial charge in [0.1, 0.15) is 6.61 Å². The fourth-order valence-corrected chi connectivity index (χ4v) is 1.89. The number of ether oxygens (including phenoxy) is 2. The molecule has 0 saturated heterocycles. The Morgan fingerprint density at radius 3 is 2.42 bits per heavy atom. The minimum absolute atomic E-state index is 0.0242. The van der Waals surface area contributed by atoms with Crippen LogP contribution in [0.2, 0.25) is 0 Å². The Morgan fingerprint density at radius 2 is 1.89 bits per heavy atom. The Kier molecular flexibility index (Phi) is 5.66. The summed E-state index contributed by atoms with van der Waals surface area (Å²) in [6.07, 6.45) is 0. The summed E-state index contributed by atoms with van der Waals surface area (Å²) in [4.78, 5) is 13.6. The Labute approximate surface area is 122 Å². The molecular formula is C14H20BrNO3. The van der Waals surface area contributed by atoms with Gasteiger partial charge in [-0.05, 0) is 26.0 Å². The van der Waals surface area contributed by atoms with E-state index in [2.05, 4.69) is 15.9 Å². The molecule has 1 aromatic carbocycles. The molecule has 1 rings (SSSR count). The summed E-state index contributed by atoms with van der Waals surface area (Å²) < 4.78 is 10.3. The van der Waals surface area contributed by atoms with Crippen LogP contribution in [0.3, 0.4) is 0 Å². The van der Waals surface area contributed by atoms with Crippen LogP contribution in [0, 0.1) is 0 Å². The van der Waals surface area contributed by atoms with Crippen LogP contribution in [-0.4, -0.2) is 42.4 Å². The smallest absolute Gasteiger partial charge is 0.238 e. The number of hydrogen-bond acceptors (Lipinski definition) is 3. The molecule has 0 aliphatic heterocycles. The molecule has 4 nitrogen and oxygen atoms in total. The van der Waals surface area contributed by atoms with Crippen molar-refractivity contribution in [3.63, 3.8) is 0 Å². The lowest BCUT2D eigenvalue weighted by atomic mass is 10.2. The van der Waals surface area contributed by atoms with Crippen LogP contribution in [0.1, 0.15) is 13.8 Å². The van der Waals surface area contributed by atoms with Crippen molar-refractivity contribution in [2.24, 2.45) is 0 Å². The van der Waals surface area contributed by atoms with Crippen molar-refractivity contribution < 1.29 is 14.3 Å². The lowest BCUT2D eigenvalue weighted by Gasteiger charge is -2.24. The van der Waals surface area contributed by atoms with E-state index in [1.807, 2.05) is 38.1 Å². The van der Waals surface area contributed by atoms with Crippen molar-refractivity contribution in [1.29, 1.82) is 0 Å². The highest BCUT2D eigenvalue weighted by molar-refractivity contribution is 9.10. The van der Waals surface area contributed by atoms with Crippen molar-refractivity contribution in [1.82, 2.24) is 4.90 Å². The zero-order valence-corrected chi connectivity index (χ0v) is 13.4. The molecule has 1 amide bonds. The second kappa shape index (κ2) is 6.80. The number of amides is 1. The molecule has 5 heteroatoms. The van der Waals surface area contributed by atoms with Crippen molar-refractivity contribution in [2.75, 3.05) is 27.3 Å². The number of carbonyl (C=O) groups excluding carboxylic acids is 1. The first-order valence-corrected chi connectivity index (χ1v) is 6.86. The Hall–Kier alpha value is -1.23. The molecule has 0 aliphatic rings. The minimum atomic E-state index is -0.549. The van der Waals surface area contributed by atoms with Crippen LogP contribution < -0.4 is 9.47 Å². The van der Waals surface area contributed by atoms with Crippen LogP contribution in [0.25, 0.3) is 0 Å². The summed E-state index contributed by atoms with van der Waals surface area (Å²) in [5, 5.41) is 0. The van der Waals surface area contributed by atoms with Crippen molar-refractivity contribution in [2.45, 2.75) is 18.2 Å². The molecule has 0 N–H and O–H groups in total. The van der Waals surface area contributed by atoms with Gasteiger partial charge in [-0.1, -0.05) is 28.1 Å². The Bertz CT molecular complexity index is 429. The number of carbonyl (C=O) groups is 1. The third kappa shape index (κ3) is 4.74. The summed E-state index contributed by atoms with van der Waals surface area (Å²) in [5.74, 6) is 1.40. The van der Waals surface area contributed by atoms with E-state index < -0.39 is 4.32 Å². The van der Waals surface area contributed by atoms with Gasteiger partial charge >= 0.3 is 0 Å². The fourth-order valence-electron chi connectivity index (χ4n) is 1.59. The summed E-state index contributed by atoms with van der Waals surface area (Å²) in [6.45, 7) is 4.59. The van der Waals surface area contributed by atoms with Crippen LogP contribution in [0.15, 0.2) is 24.3 Å². The third-order valence-corrected chi connectivity index (χ3v) is 2.95. The molecular weight excluding hydrogens is 310 g/mol. The average Bonchev–Trinajstić information content (AvgIpc) is 2.37. The zero-order chi connectivity index (χ0) is 14.5. The van der Waals surface area contributed by atoms with Gasteiger partial charge < -0.3 is 14.4 Å². The van der Waals surface area contributed by atoms with Gasteiger partial charge in [-0.25, -0.2) is 0 Å². The van der Waals surface area contributed by atoms with Crippen molar-refractivity contribution in [3.05, 3.63) is 24.3 Å². The molecule has 106 valence electrons. The number of halogens is 1. The molecule has 0 unspecified atom stereocenters. The SMILES string of the molecule is COc1ccccc1OCCN(C)C(=O)C(C)(C)Br. The molecule has 1 aromatic rings. The summed E-state index contributed by atoms with van der Waals surface area (Å²) in [5.41, 5.74) is 0. The van der Waals surface area contributed by atoms with Crippen LogP contribution in [0.4, 0.5) is 0 Å². The van der Waals surface area contributed by atoms with Gasteiger partial charge in [-0.15, -0.1) is 0 Å². The number of para-hydroxylation sites is 2. The van der Waals surface area contributed by atoms with Crippen molar-refractivity contribution >= 4 is 21.8 Å². The summed E-state index contributed by atoms with van der Waals surface area (Å²) >= 11 is 3.35. The normalized spacial score (nSPS) is 11.0. The van der Waals surface area contributed by atoms with E-state index in [1.54, 1.807) is 19.1 Å². The Balaban J connectivity index is 2.48. The highest BCUT2D eigenvalue weighted by Gasteiger charge is 2.26. The van der Waals surface area contributed by atoms with E-state index in [0.29, 0.717) is 24.7 Å². The third-order valence-electron chi connectivity index (χ3n) is 2.61. The van der Waals surface area contributed by atoms with Gasteiger partial charge in [0.2, 0.25) is 5.91 Å². The standard InChI is InChI=1S/C14H20BrNO3/c1-14(2,15)13(17)16(3)9-10-19-12-8-6-5-7-11(12)18-4/h5-8H,9-10H2,1-4H3. The molecule has 0 saturated carbocycles. The molecule has 0 aliphatic carbocycles.